The minimum atomic E-state index is 0.660. The summed E-state index contributed by atoms with van der Waals surface area (Å²) in [4.78, 5) is 0. The normalized spacial score (nSPS) is 10.8. The van der Waals surface area contributed by atoms with Crippen LogP contribution >= 0.6 is 31.9 Å². The largest absolute Gasteiger partial charge is 0.383 e. The van der Waals surface area contributed by atoms with Gasteiger partial charge < -0.3 is 5.73 Å². The van der Waals surface area contributed by atoms with Crippen molar-refractivity contribution in [1.29, 1.82) is 0 Å². The highest BCUT2D eigenvalue weighted by Crippen LogP contribution is 2.36. The van der Waals surface area contributed by atoms with Gasteiger partial charge in [0.25, 0.3) is 0 Å². The van der Waals surface area contributed by atoms with Gasteiger partial charge in [-0.15, -0.1) is 0 Å². The molecule has 0 atom stereocenters. The quantitative estimate of drug-likeness (QED) is 0.660. The number of rotatable bonds is 2. The summed E-state index contributed by atoms with van der Waals surface area (Å²) in [7, 11) is 1.86. The van der Waals surface area contributed by atoms with Crippen molar-refractivity contribution in [3.8, 4) is 22.4 Å². The molecule has 0 aliphatic rings. The highest BCUT2D eigenvalue weighted by atomic mass is 79.9. The molecule has 0 saturated heterocycles. The van der Waals surface area contributed by atoms with Crippen LogP contribution in [0, 0.1) is 0 Å². The summed E-state index contributed by atoms with van der Waals surface area (Å²) in [6.07, 6.45) is 0. The fourth-order valence-electron chi connectivity index (χ4n) is 2.28. The van der Waals surface area contributed by atoms with Crippen LogP contribution < -0.4 is 5.73 Å². The molecule has 3 rings (SSSR count). The summed E-state index contributed by atoms with van der Waals surface area (Å²) < 4.78 is 3.77. The molecule has 2 aromatic carbocycles. The summed E-state index contributed by atoms with van der Waals surface area (Å²) in [5, 5.41) is 4.58. The fraction of sp³-hybridized carbons (Fsp3) is 0.0625. The molecule has 0 bridgehead atoms. The number of aromatic nitrogens is 2. The first-order valence-corrected chi connectivity index (χ1v) is 7.99. The summed E-state index contributed by atoms with van der Waals surface area (Å²) in [5.41, 5.74) is 10.2. The number of nitrogen functional groups attached to an aromatic ring is 1. The van der Waals surface area contributed by atoms with Gasteiger partial charge in [-0.3, -0.25) is 4.68 Å². The van der Waals surface area contributed by atoms with Crippen LogP contribution in [0.5, 0.6) is 0 Å². The minimum absolute atomic E-state index is 0.660. The van der Waals surface area contributed by atoms with Crippen molar-refractivity contribution in [3.05, 3.63) is 57.5 Å². The van der Waals surface area contributed by atoms with E-state index >= 15 is 0 Å². The molecule has 0 amide bonds. The summed E-state index contributed by atoms with van der Waals surface area (Å²) >= 11 is 6.96. The Balaban J connectivity index is 2.23. The molecule has 3 nitrogen and oxygen atoms in total. The van der Waals surface area contributed by atoms with Crippen molar-refractivity contribution >= 4 is 37.7 Å². The van der Waals surface area contributed by atoms with Crippen molar-refractivity contribution in [3.63, 3.8) is 0 Å². The number of anilines is 1. The van der Waals surface area contributed by atoms with Crippen molar-refractivity contribution in [1.82, 2.24) is 9.78 Å². The molecular formula is C16H13Br2N3. The number of hydrogen-bond donors (Lipinski definition) is 1. The monoisotopic (exact) mass is 405 g/mol. The molecule has 106 valence electrons. The van der Waals surface area contributed by atoms with E-state index in [2.05, 4.69) is 37.0 Å². The van der Waals surface area contributed by atoms with Crippen molar-refractivity contribution in [2.24, 2.45) is 7.05 Å². The van der Waals surface area contributed by atoms with Crippen LogP contribution in [-0.2, 0) is 7.05 Å². The fourth-order valence-corrected chi connectivity index (χ4v) is 2.94. The standard InChI is InChI=1S/C16H13Br2N3/c1-21-16(19)14(10-5-7-12(17)8-6-10)15(20-21)11-3-2-4-13(18)9-11/h2-9H,19H2,1H3. The maximum Gasteiger partial charge on any atom is 0.129 e. The van der Waals surface area contributed by atoms with E-state index in [4.69, 9.17) is 5.73 Å². The van der Waals surface area contributed by atoms with Gasteiger partial charge in [-0.05, 0) is 29.8 Å². The number of benzene rings is 2. The second kappa shape index (κ2) is 5.66. The number of nitrogens with two attached hydrogens (primary N) is 1. The second-order valence-electron chi connectivity index (χ2n) is 4.75. The van der Waals surface area contributed by atoms with E-state index in [0.717, 1.165) is 31.3 Å². The van der Waals surface area contributed by atoms with E-state index in [9.17, 15) is 0 Å². The highest BCUT2D eigenvalue weighted by Gasteiger charge is 2.17. The van der Waals surface area contributed by atoms with Gasteiger partial charge in [0.2, 0.25) is 0 Å². The highest BCUT2D eigenvalue weighted by molar-refractivity contribution is 9.10. The predicted molar refractivity (Wildman–Crippen MR) is 93.9 cm³/mol. The zero-order valence-corrected chi connectivity index (χ0v) is 14.5. The molecule has 5 heteroatoms. The van der Waals surface area contributed by atoms with E-state index in [1.54, 1.807) is 4.68 Å². The van der Waals surface area contributed by atoms with Crippen LogP contribution in [0.4, 0.5) is 5.82 Å². The van der Waals surface area contributed by atoms with Crippen molar-refractivity contribution in [2.45, 2.75) is 0 Å². The second-order valence-corrected chi connectivity index (χ2v) is 6.58. The summed E-state index contributed by atoms with van der Waals surface area (Å²) in [5.74, 6) is 0.660. The molecule has 0 unspecified atom stereocenters. The van der Waals surface area contributed by atoms with Gasteiger partial charge >= 0.3 is 0 Å². The number of nitrogens with zero attached hydrogens (tertiary/aromatic N) is 2. The Morgan fingerprint density at radius 3 is 2.33 bits per heavy atom. The molecule has 0 spiro atoms. The van der Waals surface area contributed by atoms with E-state index in [-0.39, 0.29) is 0 Å². The van der Waals surface area contributed by atoms with E-state index in [0.29, 0.717) is 5.82 Å². The lowest BCUT2D eigenvalue weighted by Crippen LogP contribution is -1.97. The Bertz CT molecular complexity index is 792. The van der Waals surface area contributed by atoms with E-state index < -0.39 is 0 Å². The number of aryl methyl sites for hydroxylation is 1. The lowest BCUT2D eigenvalue weighted by Gasteiger charge is -2.05. The zero-order chi connectivity index (χ0) is 15.0. The van der Waals surface area contributed by atoms with Gasteiger partial charge in [-0.2, -0.15) is 5.10 Å². The third-order valence-corrected chi connectivity index (χ3v) is 4.34. The van der Waals surface area contributed by atoms with Crippen LogP contribution in [0.15, 0.2) is 57.5 Å². The predicted octanol–water partition coefficient (Wildman–Crippen LogP) is 4.86. The Hall–Kier alpha value is -1.59. The number of hydrogen-bond acceptors (Lipinski definition) is 2. The Morgan fingerprint density at radius 2 is 1.67 bits per heavy atom. The van der Waals surface area contributed by atoms with Crippen molar-refractivity contribution < 1.29 is 0 Å². The molecule has 0 radical (unpaired) electrons. The van der Waals surface area contributed by atoms with E-state index in [1.165, 1.54) is 0 Å². The Labute approximate surface area is 140 Å². The van der Waals surface area contributed by atoms with Crippen LogP contribution in [0.1, 0.15) is 0 Å². The molecule has 0 aliphatic heterocycles. The Kier molecular flexibility index (Phi) is 3.87. The first kappa shape index (κ1) is 14.4. The molecular weight excluding hydrogens is 394 g/mol. The zero-order valence-electron chi connectivity index (χ0n) is 11.3. The van der Waals surface area contributed by atoms with Gasteiger partial charge in [0.15, 0.2) is 0 Å². The molecule has 3 aromatic rings. The average Bonchev–Trinajstić information content (AvgIpc) is 2.76. The molecule has 21 heavy (non-hydrogen) atoms. The SMILES string of the molecule is Cn1nc(-c2cccc(Br)c2)c(-c2ccc(Br)cc2)c1N. The first-order valence-electron chi connectivity index (χ1n) is 6.40. The minimum Gasteiger partial charge on any atom is -0.383 e. The maximum absolute atomic E-state index is 6.23. The van der Waals surface area contributed by atoms with Crippen LogP contribution in [-0.4, -0.2) is 9.78 Å². The smallest absolute Gasteiger partial charge is 0.129 e. The molecule has 1 heterocycles. The van der Waals surface area contributed by atoms with Gasteiger partial charge in [0, 0.05) is 21.6 Å². The van der Waals surface area contributed by atoms with E-state index in [1.807, 2.05) is 55.6 Å². The molecule has 2 N–H and O–H groups in total. The van der Waals surface area contributed by atoms with Gasteiger partial charge in [0.1, 0.15) is 11.5 Å². The lowest BCUT2D eigenvalue weighted by molar-refractivity contribution is 0.782. The first-order chi connectivity index (χ1) is 10.1. The van der Waals surface area contributed by atoms with Gasteiger partial charge in [-0.1, -0.05) is 56.1 Å². The third kappa shape index (κ3) is 2.76. The van der Waals surface area contributed by atoms with Gasteiger partial charge in [0.05, 0.1) is 5.56 Å². The van der Waals surface area contributed by atoms with Crippen LogP contribution in [0.25, 0.3) is 22.4 Å². The molecule has 1 aromatic heterocycles. The van der Waals surface area contributed by atoms with Crippen LogP contribution in [0.2, 0.25) is 0 Å². The molecule has 0 saturated carbocycles. The number of halogens is 2. The lowest BCUT2D eigenvalue weighted by atomic mass is 10.0. The van der Waals surface area contributed by atoms with Gasteiger partial charge in [-0.25, -0.2) is 0 Å². The molecule has 0 aliphatic carbocycles. The average molecular weight is 407 g/mol. The van der Waals surface area contributed by atoms with Crippen molar-refractivity contribution in [2.75, 3.05) is 5.73 Å². The third-order valence-electron chi connectivity index (χ3n) is 3.32. The molecule has 0 fully saturated rings. The Morgan fingerprint density at radius 1 is 0.952 bits per heavy atom. The van der Waals surface area contributed by atoms with Crippen LogP contribution in [0.3, 0.4) is 0 Å². The summed E-state index contributed by atoms with van der Waals surface area (Å²) in [6, 6.07) is 16.2. The topological polar surface area (TPSA) is 43.8 Å². The summed E-state index contributed by atoms with van der Waals surface area (Å²) in [6.45, 7) is 0. The maximum atomic E-state index is 6.23.